The van der Waals surface area contributed by atoms with Crippen LogP contribution >= 0.6 is 15.9 Å². The van der Waals surface area contributed by atoms with Gasteiger partial charge in [0, 0.05) is 42.1 Å². The highest BCUT2D eigenvalue weighted by molar-refractivity contribution is 9.10. The number of benzene rings is 1. The molecule has 2 aliphatic rings. The van der Waals surface area contributed by atoms with E-state index in [2.05, 4.69) is 22.9 Å². The molecule has 1 atom stereocenters. The Balaban J connectivity index is 1.77. The number of sulfone groups is 1. The van der Waals surface area contributed by atoms with Crippen LogP contribution in [0.2, 0.25) is 0 Å². The summed E-state index contributed by atoms with van der Waals surface area (Å²) in [5.41, 5.74) is 1.64. The van der Waals surface area contributed by atoms with Crippen LogP contribution in [0.1, 0.15) is 57.9 Å². The van der Waals surface area contributed by atoms with E-state index >= 15 is 0 Å². The van der Waals surface area contributed by atoms with Gasteiger partial charge in [-0.1, -0.05) is 13.8 Å². The van der Waals surface area contributed by atoms with Gasteiger partial charge in [0.2, 0.25) is 11.8 Å². The number of halogens is 1. The summed E-state index contributed by atoms with van der Waals surface area (Å²) in [6, 6.07) is 3.61. The van der Waals surface area contributed by atoms with Crippen molar-refractivity contribution < 1.29 is 18.0 Å². The molecule has 1 saturated heterocycles. The number of piperidine rings is 1. The van der Waals surface area contributed by atoms with Crippen molar-refractivity contribution in [2.75, 3.05) is 23.7 Å². The first-order valence-electron chi connectivity index (χ1n) is 10.4. The lowest BCUT2D eigenvalue weighted by molar-refractivity contribution is -0.134. The van der Waals surface area contributed by atoms with Crippen LogP contribution in [0.25, 0.3) is 0 Å². The molecule has 8 heteroatoms. The van der Waals surface area contributed by atoms with Crippen LogP contribution in [0.15, 0.2) is 21.5 Å². The summed E-state index contributed by atoms with van der Waals surface area (Å²) < 4.78 is 26.6. The van der Waals surface area contributed by atoms with Crippen LogP contribution < -0.4 is 4.90 Å². The number of carbonyl (C=O) groups excluding carboxylic acids is 2. The molecule has 160 valence electrons. The Labute approximate surface area is 181 Å². The minimum Gasteiger partial charge on any atom is -0.340 e. The summed E-state index contributed by atoms with van der Waals surface area (Å²) in [5, 5.41) is 0. The fraction of sp³-hybridized carbons (Fsp3) is 0.619. The fourth-order valence-electron chi connectivity index (χ4n) is 4.30. The van der Waals surface area contributed by atoms with Gasteiger partial charge in [-0.3, -0.25) is 9.59 Å². The second-order valence-electron chi connectivity index (χ2n) is 7.77. The Morgan fingerprint density at radius 2 is 1.90 bits per heavy atom. The molecule has 0 N–H and O–H groups in total. The molecule has 0 bridgehead atoms. The molecule has 2 amide bonds. The first-order valence-corrected chi connectivity index (χ1v) is 12.9. The summed E-state index contributed by atoms with van der Waals surface area (Å²) in [5.74, 6) is -0.321. The van der Waals surface area contributed by atoms with Gasteiger partial charge in [0.1, 0.15) is 0 Å². The van der Waals surface area contributed by atoms with E-state index in [0.717, 1.165) is 31.2 Å². The number of carbonyl (C=O) groups is 2. The van der Waals surface area contributed by atoms with Crippen LogP contribution in [0.3, 0.4) is 0 Å². The van der Waals surface area contributed by atoms with E-state index < -0.39 is 9.84 Å². The fourth-order valence-corrected chi connectivity index (χ4v) is 6.75. The maximum Gasteiger partial charge on any atom is 0.226 e. The van der Waals surface area contributed by atoms with Crippen molar-refractivity contribution >= 4 is 43.3 Å². The number of anilines is 1. The van der Waals surface area contributed by atoms with Crippen LogP contribution in [0, 0.1) is 0 Å². The molecule has 0 aliphatic carbocycles. The maximum atomic E-state index is 13.0. The van der Waals surface area contributed by atoms with Crippen LogP contribution in [-0.2, 0) is 25.8 Å². The Kier molecular flexibility index (Phi) is 7.04. The minimum absolute atomic E-state index is 0.0136. The second kappa shape index (κ2) is 9.16. The highest BCUT2D eigenvalue weighted by Crippen LogP contribution is 2.36. The van der Waals surface area contributed by atoms with Crippen LogP contribution in [0.5, 0.6) is 0 Å². The molecule has 0 unspecified atom stereocenters. The lowest BCUT2D eigenvalue weighted by Crippen LogP contribution is -2.43. The molecule has 0 spiro atoms. The smallest absolute Gasteiger partial charge is 0.226 e. The van der Waals surface area contributed by atoms with Crippen molar-refractivity contribution in [2.24, 2.45) is 0 Å². The van der Waals surface area contributed by atoms with Crippen molar-refractivity contribution in [3.8, 4) is 0 Å². The summed E-state index contributed by atoms with van der Waals surface area (Å²) in [7, 11) is -3.66. The minimum atomic E-state index is -3.66. The number of hydrogen-bond donors (Lipinski definition) is 0. The molecule has 0 radical (unpaired) electrons. The van der Waals surface area contributed by atoms with Gasteiger partial charge < -0.3 is 9.80 Å². The molecular weight excluding hydrogens is 456 g/mol. The number of amides is 2. The molecule has 3 rings (SSSR count). The maximum absolute atomic E-state index is 13.0. The molecule has 29 heavy (non-hydrogen) atoms. The quantitative estimate of drug-likeness (QED) is 0.616. The predicted molar refractivity (Wildman–Crippen MR) is 117 cm³/mol. The van der Waals surface area contributed by atoms with Crippen LogP contribution in [-0.4, -0.2) is 50.0 Å². The van der Waals surface area contributed by atoms with Gasteiger partial charge in [0.05, 0.1) is 10.6 Å². The first-order chi connectivity index (χ1) is 13.8. The number of rotatable bonds is 6. The van der Waals surface area contributed by atoms with Gasteiger partial charge in [-0.05, 0) is 65.7 Å². The van der Waals surface area contributed by atoms with Gasteiger partial charge in [0.25, 0.3) is 0 Å². The molecule has 0 saturated carbocycles. The zero-order valence-corrected chi connectivity index (χ0v) is 19.5. The molecule has 2 heterocycles. The Hall–Kier alpha value is -1.41. The van der Waals surface area contributed by atoms with E-state index in [9.17, 15) is 18.0 Å². The number of hydrogen-bond acceptors (Lipinski definition) is 4. The first kappa shape index (κ1) is 22.3. The number of likely N-dealkylation sites (tertiary alicyclic amines) is 1. The van der Waals surface area contributed by atoms with Crippen molar-refractivity contribution in [3.05, 3.63) is 22.2 Å². The predicted octanol–water partition coefficient (Wildman–Crippen LogP) is 3.70. The molecule has 1 aromatic rings. The van der Waals surface area contributed by atoms with E-state index in [1.807, 2.05) is 4.90 Å². The molecule has 0 aromatic heterocycles. The third kappa shape index (κ3) is 4.68. The number of nitrogens with zero attached hydrogens (tertiary/aromatic N) is 2. The van der Waals surface area contributed by atoms with Gasteiger partial charge in [-0.2, -0.15) is 0 Å². The van der Waals surface area contributed by atoms with E-state index in [1.54, 1.807) is 24.0 Å². The van der Waals surface area contributed by atoms with Gasteiger partial charge in [-0.25, -0.2) is 8.42 Å². The van der Waals surface area contributed by atoms with E-state index in [0.29, 0.717) is 36.1 Å². The zero-order valence-electron chi connectivity index (χ0n) is 17.1. The summed E-state index contributed by atoms with van der Waals surface area (Å²) in [4.78, 5) is 28.6. The average Bonchev–Trinajstić information content (AvgIpc) is 3.13. The van der Waals surface area contributed by atoms with Gasteiger partial charge in [-0.15, -0.1) is 0 Å². The number of fused-ring (bicyclic) bond motifs is 1. The van der Waals surface area contributed by atoms with Crippen molar-refractivity contribution in [1.29, 1.82) is 0 Å². The topological polar surface area (TPSA) is 74.8 Å². The van der Waals surface area contributed by atoms with Crippen molar-refractivity contribution in [2.45, 2.75) is 69.7 Å². The Bertz CT molecular complexity index is 900. The summed E-state index contributed by atoms with van der Waals surface area (Å²) in [6.45, 7) is 5.16. The standard InChI is InChI=1S/C21H29BrN2O4S/c1-3-16-7-5-6-10-23(16)21(26)9-12-29(27,28)19-14-18-15(13-17(19)22)8-11-24(18)20(25)4-2/h13-14,16H,3-12H2,1-2H3/t16-/m1/s1. The van der Waals surface area contributed by atoms with Crippen molar-refractivity contribution in [1.82, 2.24) is 4.90 Å². The monoisotopic (exact) mass is 484 g/mol. The molecule has 6 nitrogen and oxygen atoms in total. The largest absolute Gasteiger partial charge is 0.340 e. The Morgan fingerprint density at radius 1 is 1.14 bits per heavy atom. The lowest BCUT2D eigenvalue weighted by Gasteiger charge is -2.35. The third-order valence-corrected chi connectivity index (χ3v) is 8.64. The van der Waals surface area contributed by atoms with Gasteiger partial charge in [0.15, 0.2) is 9.84 Å². The SMILES string of the molecule is CCC(=O)N1CCc2cc(Br)c(S(=O)(=O)CCC(=O)N3CCCC[C@H]3CC)cc21. The van der Waals surface area contributed by atoms with E-state index in [1.165, 1.54) is 0 Å². The molecule has 1 aromatic carbocycles. The van der Waals surface area contributed by atoms with Crippen LogP contribution in [0.4, 0.5) is 5.69 Å². The molecular formula is C21H29BrN2O4S. The highest BCUT2D eigenvalue weighted by atomic mass is 79.9. The molecule has 2 aliphatic heterocycles. The summed E-state index contributed by atoms with van der Waals surface area (Å²) in [6.07, 6.45) is 5.07. The summed E-state index contributed by atoms with van der Waals surface area (Å²) >= 11 is 3.39. The Morgan fingerprint density at radius 3 is 2.59 bits per heavy atom. The normalized spacial score (nSPS) is 19.3. The van der Waals surface area contributed by atoms with Gasteiger partial charge >= 0.3 is 0 Å². The highest BCUT2D eigenvalue weighted by Gasteiger charge is 2.30. The average molecular weight is 485 g/mol. The second-order valence-corrected chi connectivity index (χ2v) is 10.7. The lowest BCUT2D eigenvalue weighted by atomic mass is 10.00. The third-order valence-electron chi connectivity index (χ3n) is 5.97. The van der Waals surface area contributed by atoms with E-state index in [4.69, 9.17) is 0 Å². The van der Waals surface area contributed by atoms with Crippen molar-refractivity contribution in [3.63, 3.8) is 0 Å². The molecule has 1 fully saturated rings. The van der Waals surface area contributed by atoms with E-state index in [-0.39, 0.29) is 34.9 Å². The zero-order chi connectivity index (χ0) is 21.2.